The molecule has 0 saturated carbocycles. The van der Waals surface area contributed by atoms with Gasteiger partial charge in [-0.1, -0.05) is 6.92 Å². The third-order valence-electron chi connectivity index (χ3n) is 2.57. The molecule has 2 nitrogen and oxygen atoms in total. The van der Waals surface area contributed by atoms with E-state index in [1.165, 1.54) is 25.7 Å². The van der Waals surface area contributed by atoms with Crippen LogP contribution in [0, 0.1) is 5.92 Å². The molecular formula is C11H22NO. The van der Waals surface area contributed by atoms with E-state index in [0.29, 0.717) is 0 Å². The van der Waals surface area contributed by atoms with Crippen LogP contribution >= 0.6 is 0 Å². The lowest BCUT2D eigenvalue weighted by atomic mass is 9.95. The van der Waals surface area contributed by atoms with Crippen molar-refractivity contribution in [3.8, 4) is 0 Å². The van der Waals surface area contributed by atoms with Crippen LogP contribution in [0.2, 0.25) is 0 Å². The minimum atomic E-state index is 0.860. The van der Waals surface area contributed by atoms with Gasteiger partial charge in [0.1, 0.15) is 0 Å². The van der Waals surface area contributed by atoms with E-state index in [4.69, 9.17) is 4.74 Å². The highest BCUT2D eigenvalue weighted by molar-refractivity contribution is 4.68. The second-order valence-electron chi connectivity index (χ2n) is 3.89. The molecular weight excluding hydrogens is 162 g/mol. The summed E-state index contributed by atoms with van der Waals surface area (Å²) in [5.74, 6) is 0.860. The minimum absolute atomic E-state index is 0.860. The molecule has 1 radical (unpaired) electrons. The number of rotatable bonds is 6. The van der Waals surface area contributed by atoms with Gasteiger partial charge in [0.2, 0.25) is 0 Å². The first-order chi connectivity index (χ1) is 6.43. The Balaban J connectivity index is 1.86. The van der Waals surface area contributed by atoms with Crippen LogP contribution in [0.5, 0.6) is 0 Å². The molecule has 1 aliphatic heterocycles. The van der Waals surface area contributed by atoms with E-state index in [1.54, 1.807) is 0 Å². The Morgan fingerprint density at radius 2 is 2.31 bits per heavy atom. The highest BCUT2D eigenvalue weighted by atomic mass is 16.5. The second-order valence-corrected chi connectivity index (χ2v) is 3.89. The van der Waals surface area contributed by atoms with E-state index in [1.807, 2.05) is 0 Å². The molecule has 1 heterocycles. The fraction of sp³-hybridized carbons (Fsp3) is 1.00. The van der Waals surface area contributed by atoms with Crippen molar-refractivity contribution in [2.45, 2.75) is 39.0 Å². The molecule has 1 fully saturated rings. The van der Waals surface area contributed by atoms with Gasteiger partial charge in [0, 0.05) is 26.3 Å². The van der Waals surface area contributed by atoms with E-state index in [2.05, 4.69) is 12.2 Å². The highest BCUT2D eigenvalue weighted by Gasteiger charge is 2.12. The van der Waals surface area contributed by atoms with Gasteiger partial charge in [0.15, 0.2) is 0 Å². The van der Waals surface area contributed by atoms with Crippen LogP contribution in [0.3, 0.4) is 0 Å². The van der Waals surface area contributed by atoms with E-state index < -0.39 is 0 Å². The van der Waals surface area contributed by atoms with Gasteiger partial charge in [0.25, 0.3) is 0 Å². The zero-order valence-electron chi connectivity index (χ0n) is 8.80. The largest absolute Gasteiger partial charge is 0.381 e. The van der Waals surface area contributed by atoms with Gasteiger partial charge in [-0.3, -0.25) is 0 Å². The van der Waals surface area contributed by atoms with Crippen LogP contribution in [-0.4, -0.2) is 26.3 Å². The molecule has 1 saturated heterocycles. The first-order valence-electron chi connectivity index (χ1n) is 5.64. The predicted octanol–water partition coefficient (Wildman–Crippen LogP) is 2.21. The first-order valence-corrected chi connectivity index (χ1v) is 5.64. The second kappa shape index (κ2) is 7.34. The fourth-order valence-electron chi connectivity index (χ4n) is 1.81. The van der Waals surface area contributed by atoms with Gasteiger partial charge >= 0.3 is 0 Å². The molecule has 1 unspecified atom stereocenters. The Kier molecular flexibility index (Phi) is 6.21. The molecule has 0 bridgehead atoms. The van der Waals surface area contributed by atoms with Crippen molar-refractivity contribution in [1.82, 2.24) is 5.32 Å². The lowest BCUT2D eigenvalue weighted by Gasteiger charge is -2.21. The third kappa shape index (κ3) is 5.27. The zero-order chi connectivity index (χ0) is 9.36. The lowest BCUT2D eigenvalue weighted by molar-refractivity contribution is 0.126. The van der Waals surface area contributed by atoms with Crippen molar-refractivity contribution < 1.29 is 4.74 Å². The molecule has 0 spiro atoms. The molecule has 0 aromatic heterocycles. The van der Waals surface area contributed by atoms with Gasteiger partial charge in [-0.15, -0.1) is 0 Å². The standard InChI is InChI=1S/C11H22NO/c1-2-8-13-9-4-6-11-5-3-7-12-10-11/h11H,2-10H2,1H3. The summed E-state index contributed by atoms with van der Waals surface area (Å²) in [6.45, 7) is 6.23. The van der Waals surface area contributed by atoms with Crippen molar-refractivity contribution in [2.75, 3.05) is 26.3 Å². The monoisotopic (exact) mass is 184 g/mol. The molecule has 0 aromatic rings. The molecule has 13 heavy (non-hydrogen) atoms. The molecule has 1 rings (SSSR count). The fourth-order valence-corrected chi connectivity index (χ4v) is 1.81. The zero-order valence-corrected chi connectivity index (χ0v) is 8.80. The maximum Gasteiger partial charge on any atom is 0.0466 e. The number of hydrogen-bond acceptors (Lipinski definition) is 1. The quantitative estimate of drug-likeness (QED) is 0.580. The summed E-state index contributed by atoms with van der Waals surface area (Å²) < 4.78 is 5.44. The van der Waals surface area contributed by atoms with Crippen LogP contribution < -0.4 is 5.32 Å². The Morgan fingerprint density at radius 1 is 1.38 bits per heavy atom. The number of ether oxygens (including phenoxy) is 1. The van der Waals surface area contributed by atoms with Gasteiger partial charge in [-0.25, -0.2) is 5.32 Å². The summed E-state index contributed by atoms with van der Waals surface area (Å²) in [4.78, 5) is 0. The number of hydrogen-bond donors (Lipinski definition) is 0. The summed E-state index contributed by atoms with van der Waals surface area (Å²) in [5, 5.41) is 4.43. The van der Waals surface area contributed by atoms with E-state index in [0.717, 1.165) is 38.6 Å². The van der Waals surface area contributed by atoms with Crippen molar-refractivity contribution >= 4 is 0 Å². The van der Waals surface area contributed by atoms with E-state index >= 15 is 0 Å². The summed E-state index contributed by atoms with van der Waals surface area (Å²) >= 11 is 0. The van der Waals surface area contributed by atoms with Crippen molar-refractivity contribution in [2.24, 2.45) is 5.92 Å². The summed E-state index contributed by atoms with van der Waals surface area (Å²) in [6.07, 6.45) is 6.37. The first kappa shape index (κ1) is 11.0. The highest BCUT2D eigenvalue weighted by Crippen LogP contribution is 2.16. The topological polar surface area (TPSA) is 23.3 Å². The van der Waals surface area contributed by atoms with E-state index in [-0.39, 0.29) is 0 Å². The van der Waals surface area contributed by atoms with Crippen LogP contribution in [0.25, 0.3) is 0 Å². The van der Waals surface area contributed by atoms with Crippen molar-refractivity contribution in [3.05, 3.63) is 0 Å². The third-order valence-corrected chi connectivity index (χ3v) is 2.57. The van der Waals surface area contributed by atoms with Crippen molar-refractivity contribution in [1.29, 1.82) is 0 Å². The van der Waals surface area contributed by atoms with Gasteiger partial charge in [0.05, 0.1) is 0 Å². The Labute approximate surface area is 82.0 Å². The molecule has 1 atom stereocenters. The van der Waals surface area contributed by atoms with E-state index in [9.17, 15) is 0 Å². The summed E-state index contributed by atoms with van der Waals surface area (Å²) in [6, 6.07) is 0. The average Bonchev–Trinajstić information content (AvgIpc) is 2.19. The molecule has 0 N–H and O–H groups in total. The molecule has 77 valence electrons. The van der Waals surface area contributed by atoms with Gasteiger partial charge < -0.3 is 4.74 Å². The molecule has 0 aliphatic carbocycles. The molecule has 1 aliphatic rings. The van der Waals surface area contributed by atoms with Crippen LogP contribution in [-0.2, 0) is 4.74 Å². The minimum Gasteiger partial charge on any atom is -0.381 e. The Hall–Kier alpha value is -0.0800. The van der Waals surface area contributed by atoms with Crippen molar-refractivity contribution in [3.63, 3.8) is 0 Å². The predicted molar refractivity (Wildman–Crippen MR) is 54.9 cm³/mol. The van der Waals surface area contributed by atoms with Crippen LogP contribution in [0.1, 0.15) is 39.0 Å². The molecule has 0 amide bonds. The maximum atomic E-state index is 5.44. The average molecular weight is 184 g/mol. The van der Waals surface area contributed by atoms with Crippen LogP contribution in [0.15, 0.2) is 0 Å². The van der Waals surface area contributed by atoms with Gasteiger partial charge in [-0.05, 0) is 38.0 Å². The van der Waals surface area contributed by atoms with Crippen LogP contribution in [0.4, 0.5) is 0 Å². The van der Waals surface area contributed by atoms with Gasteiger partial charge in [-0.2, -0.15) is 0 Å². The molecule has 2 heteroatoms. The number of piperidine rings is 1. The molecule has 0 aromatic carbocycles. The normalized spacial score (nSPS) is 23.3. The SMILES string of the molecule is CCCOCCCC1CCC[N]C1. The number of nitrogens with zero attached hydrogens (tertiary/aromatic N) is 1. The summed E-state index contributed by atoms with van der Waals surface area (Å²) in [5.41, 5.74) is 0. The maximum absolute atomic E-state index is 5.44. The summed E-state index contributed by atoms with van der Waals surface area (Å²) in [7, 11) is 0. The Bertz CT molecular complexity index is 111. The smallest absolute Gasteiger partial charge is 0.0466 e. The Morgan fingerprint density at radius 3 is 3.00 bits per heavy atom. The lowest BCUT2D eigenvalue weighted by Crippen LogP contribution is -2.24.